The molecule has 1 aromatic carbocycles. The van der Waals surface area contributed by atoms with Gasteiger partial charge in [-0.15, -0.1) is 11.3 Å². The number of thioether (sulfide) groups is 1. The SMILES string of the molecule is C[N+](C)=C1C=CC(=C2C=C(Sc3cccs3)OC(c3ccccc3)=C2)C=C1. The maximum absolute atomic E-state index is 6.22. The lowest BCUT2D eigenvalue weighted by atomic mass is 9.99. The zero-order chi connectivity index (χ0) is 18.6. The van der Waals surface area contributed by atoms with Crippen LogP contribution in [-0.2, 0) is 4.74 Å². The van der Waals surface area contributed by atoms with Crippen LogP contribution < -0.4 is 0 Å². The van der Waals surface area contributed by atoms with E-state index >= 15 is 0 Å². The van der Waals surface area contributed by atoms with E-state index in [0.29, 0.717) is 0 Å². The minimum Gasteiger partial charge on any atom is -0.449 e. The van der Waals surface area contributed by atoms with Crippen molar-refractivity contribution in [1.29, 1.82) is 0 Å². The van der Waals surface area contributed by atoms with Crippen molar-refractivity contribution in [2.75, 3.05) is 14.1 Å². The average molecular weight is 391 g/mol. The van der Waals surface area contributed by atoms with Gasteiger partial charge in [-0.05, 0) is 58.7 Å². The van der Waals surface area contributed by atoms with Crippen LogP contribution in [0.5, 0.6) is 0 Å². The van der Waals surface area contributed by atoms with Crippen molar-refractivity contribution < 1.29 is 9.31 Å². The number of hydrogen-bond donors (Lipinski definition) is 0. The second kappa shape index (κ2) is 7.99. The molecule has 0 atom stereocenters. The van der Waals surface area contributed by atoms with Crippen LogP contribution in [0.4, 0.5) is 0 Å². The third kappa shape index (κ3) is 4.24. The van der Waals surface area contributed by atoms with Crippen molar-refractivity contribution in [3.8, 4) is 0 Å². The zero-order valence-corrected chi connectivity index (χ0v) is 16.9. The topological polar surface area (TPSA) is 12.2 Å². The van der Waals surface area contributed by atoms with Crippen molar-refractivity contribution >= 4 is 34.6 Å². The van der Waals surface area contributed by atoms with E-state index < -0.39 is 0 Å². The molecule has 2 aromatic rings. The van der Waals surface area contributed by atoms with Crippen molar-refractivity contribution in [2.45, 2.75) is 4.21 Å². The molecule has 2 heterocycles. The number of nitrogens with zero attached hydrogens (tertiary/aromatic N) is 1. The number of thiophene rings is 1. The quantitative estimate of drug-likeness (QED) is 0.606. The van der Waals surface area contributed by atoms with Crippen LogP contribution in [0.3, 0.4) is 0 Å². The first kappa shape index (κ1) is 17.8. The summed E-state index contributed by atoms with van der Waals surface area (Å²) in [5, 5.41) is 2.98. The molecule has 0 spiro atoms. The van der Waals surface area contributed by atoms with Gasteiger partial charge in [0.2, 0.25) is 0 Å². The van der Waals surface area contributed by atoms with Crippen molar-refractivity contribution in [2.24, 2.45) is 0 Å². The van der Waals surface area contributed by atoms with Crippen molar-refractivity contribution in [3.63, 3.8) is 0 Å². The minimum atomic E-state index is 0.879. The van der Waals surface area contributed by atoms with Gasteiger partial charge in [0.15, 0.2) is 10.8 Å². The Kier molecular flexibility index (Phi) is 5.28. The van der Waals surface area contributed by atoms with E-state index in [1.165, 1.54) is 15.5 Å². The summed E-state index contributed by atoms with van der Waals surface area (Å²) in [4.78, 5) is 0. The highest BCUT2D eigenvalue weighted by molar-refractivity contribution is 8.04. The maximum atomic E-state index is 6.22. The summed E-state index contributed by atoms with van der Waals surface area (Å²) in [5.41, 5.74) is 4.61. The maximum Gasteiger partial charge on any atom is 0.199 e. The predicted octanol–water partition coefficient (Wildman–Crippen LogP) is 5.89. The summed E-state index contributed by atoms with van der Waals surface area (Å²) in [6.45, 7) is 0. The largest absolute Gasteiger partial charge is 0.449 e. The Morgan fingerprint density at radius 1 is 0.852 bits per heavy atom. The van der Waals surface area contributed by atoms with Gasteiger partial charge in [0.05, 0.1) is 4.21 Å². The molecule has 0 fully saturated rings. The van der Waals surface area contributed by atoms with Crippen LogP contribution in [0, 0.1) is 0 Å². The molecule has 0 bridgehead atoms. The number of ether oxygens (including phenoxy) is 1. The monoisotopic (exact) mass is 390 g/mol. The lowest BCUT2D eigenvalue weighted by Crippen LogP contribution is -2.10. The fourth-order valence-corrected chi connectivity index (χ4v) is 4.53. The molecule has 1 aliphatic carbocycles. The first-order valence-corrected chi connectivity index (χ1v) is 10.4. The van der Waals surface area contributed by atoms with Gasteiger partial charge in [0.25, 0.3) is 0 Å². The number of allylic oxidation sites excluding steroid dienone is 8. The Hall–Kier alpha value is -2.56. The van der Waals surface area contributed by atoms with Crippen molar-refractivity contribution in [3.05, 3.63) is 106 Å². The van der Waals surface area contributed by atoms with Crippen LogP contribution in [0.15, 0.2) is 105 Å². The molecule has 0 amide bonds. The lowest BCUT2D eigenvalue weighted by molar-refractivity contribution is -0.462. The Bertz CT molecular complexity index is 998. The van der Waals surface area contributed by atoms with E-state index in [4.69, 9.17) is 4.74 Å². The molecular weight excluding hydrogens is 370 g/mol. The first-order chi connectivity index (χ1) is 13.2. The van der Waals surface area contributed by atoms with Crippen LogP contribution >= 0.6 is 23.1 Å². The summed E-state index contributed by atoms with van der Waals surface area (Å²) < 4.78 is 9.55. The molecule has 2 aliphatic rings. The Labute approximate surface area is 168 Å². The highest BCUT2D eigenvalue weighted by atomic mass is 32.2. The van der Waals surface area contributed by atoms with Gasteiger partial charge in [-0.25, -0.2) is 4.58 Å². The molecule has 0 unspecified atom stereocenters. The van der Waals surface area contributed by atoms with Crippen LogP contribution in [0.1, 0.15) is 5.56 Å². The second-order valence-corrected chi connectivity index (χ2v) is 8.62. The fraction of sp³-hybridized carbons (Fsp3) is 0.0870. The molecular formula is C23H20NOS2+. The number of rotatable bonds is 3. The summed E-state index contributed by atoms with van der Waals surface area (Å²) in [5.74, 6) is 0.879. The van der Waals surface area contributed by atoms with Gasteiger partial charge >= 0.3 is 0 Å². The minimum absolute atomic E-state index is 0.879. The number of benzene rings is 1. The average Bonchev–Trinajstić information content (AvgIpc) is 3.21. The third-order valence-electron chi connectivity index (χ3n) is 4.24. The van der Waals surface area contributed by atoms with Crippen LogP contribution in [-0.4, -0.2) is 24.4 Å². The highest BCUT2D eigenvalue weighted by Crippen LogP contribution is 2.39. The first-order valence-electron chi connectivity index (χ1n) is 8.72. The van der Waals surface area contributed by atoms with Gasteiger partial charge in [-0.3, -0.25) is 0 Å². The van der Waals surface area contributed by atoms with Gasteiger partial charge in [-0.2, -0.15) is 0 Å². The molecule has 0 saturated carbocycles. The molecule has 0 saturated heterocycles. The summed E-state index contributed by atoms with van der Waals surface area (Å²) in [7, 11) is 4.11. The Balaban J connectivity index is 1.73. The standard InChI is InChI=1S/C23H20NOS2/c1-24(2)20-12-10-17(11-13-20)19-15-21(18-7-4-3-5-8-18)25-22(16-19)27-23-9-6-14-26-23/h3-16H,1-2H3/q+1. The third-order valence-corrected chi connectivity index (χ3v) is 6.18. The summed E-state index contributed by atoms with van der Waals surface area (Å²) in [6, 6.07) is 14.4. The predicted molar refractivity (Wildman–Crippen MR) is 116 cm³/mol. The van der Waals surface area contributed by atoms with E-state index in [1.54, 1.807) is 23.1 Å². The Morgan fingerprint density at radius 2 is 1.63 bits per heavy atom. The molecule has 0 N–H and O–H groups in total. The zero-order valence-electron chi connectivity index (χ0n) is 15.3. The molecule has 1 aliphatic heterocycles. The second-order valence-electron chi connectivity index (χ2n) is 6.37. The van der Waals surface area contributed by atoms with E-state index in [2.05, 4.69) is 84.8 Å². The van der Waals surface area contributed by atoms with Crippen LogP contribution in [0.2, 0.25) is 0 Å². The molecule has 4 rings (SSSR count). The van der Waals surface area contributed by atoms with Crippen molar-refractivity contribution in [1.82, 2.24) is 0 Å². The van der Waals surface area contributed by atoms with E-state index in [1.807, 2.05) is 18.2 Å². The molecule has 0 radical (unpaired) electrons. The van der Waals surface area contributed by atoms with Gasteiger partial charge < -0.3 is 4.74 Å². The highest BCUT2D eigenvalue weighted by Gasteiger charge is 2.17. The molecule has 134 valence electrons. The van der Waals surface area contributed by atoms with Crippen LogP contribution in [0.25, 0.3) is 5.76 Å². The van der Waals surface area contributed by atoms with E-state index in [-0.39, 0.29) is 0 Å². The molecule has 1 aromatic heterocycles. The van der Waals surface area contributed by atoms with Gasteiger partial charge in [0.1, 0.15) is 19.9 Å². The fourth-order valence-electron chi connectivity index (χ4n) is 2.81. The Morgan fingerprint density at radius 3 is 2.30 bits per heavy atom. The van der Waals surface area contributed by atoms with E-state index in [9.17, 15) is 0 Å². The smallest absolute Gasteiger partial charge is 0.199 e. The number of hydrogen-bond acceptors (Lipinski definition) is 3. The van der Waals surface area contributed by atoms with E-state index in [0.717, 1.165) is 22.0 Å². The molecule has 4 heteroatoms. The van der Waals surface area contributed by atoms with Gasteiger partial charge in [0, 0.05) is 17.7 Å². The summed E-state index contributed by atoms with van der Waals surface area (Å²) >= 11 is 3.39. The lowest BCUT2D eigenvalue weighted by Gasteiger charge is -2.19. The normalized spacial score (nSPS) is 16.1. The van der Waals surface area contributed by atoms with Gasteiger partial charge in [-0.1, -0.05) is 36.4 Å². The molecule has 27 heavy (non-hydrogen) atoms. The molecule has 2 nitrogen and oxygen atoms in total. The summed E-state index contributed by atoms with van der Waals surface area (Å²) in [6.07, 6.45) is 12.9.